The molecule has 1 aromatic carbocycles. The summed E-state index contributed by atoms with van der Waals surface area (Å²) in [6.07, 6.45) is 1.70. The minimum Gasteiger partial charge on any atom is -0.383 e. The fourth-order valence-corrected chi connectivity index (χ4v) is 2.61. The third kappa shape index (κ3) is 2.69. The Labute approximate surface area is 136 Å². The molecule has 0 aliphatic heterocycles. The van der Waals surface area contributed by atoms with Crippen molar-refractivity contribution in [1.29, 1.82) is 5.26 Å². The van der Waals surface area contributed by atoms with Crippen LogP contribution in [-0.4, -0.2) is 9.97 Å². The molecule has 2 aromatic heterocycles. The zero-order valence-corrected chi connectivity index (χ0v) is 13.1. The molecule has 5 heteroatoms. The van der Waals surface area contributed by atoms with Gasteiger partial charge in [-0.1, -0.05) is 34.1 Å². The average molecular weight is 351 g/mol. The van der Waals surface area contributed by atoms with Crippen LogP contribution >= 0.6 is 15.9 Å². The summed E-state index contributed by atoms with van der Waals surface area (Å²) < 4.78 is 0.934. The lowest BCUT2D eigenvalue weighted by Crippen LogP contribution is -2.00. The van der Waals surface area contributed by atoms with Crippen molar-refractivity contribution in [1.82, 2.24) is 9.97 Å². The van der Waals surface area contributed by atoms with E-state index >= 15 is 0 Å². The molecular formula is C17H11BrN4. The van der Waals surface area contributed by atoms with E-state index in [-0.39, 0.29) is 5.82 Å². The van der Waals surface area contributed by atoms with Crippen molar-refractivity contribution in [2.75, 3.05) is 5.73 Å². The predicted octanol–water partition coefficient (Wildman–Crippen LogP) is 4.03. The molecule has 4 nitrogen and oxygen atoms in total. The summed E-state index contributed by atoms with van der Waals surface area (Å²) in [6, 6.07) is 17.3. The van der Waals surface area contributed by atoms with E-state index < -0.39 is 0 Å². The third-order valence-electron chi connectivity index (χ3n) is 3.22. The van der Waals surface area contributed by atoms with Gasteiger partial charge in [0.2, 0.25) is 0 Å². The third-order valence-corrected chi connectivity index (χ3v) is 3.72. The van der Waals surface area contributed by atoms with Crippen LogP contribution in [0.5, 0.6) is 0 Å². The van der Waals surface area contributed by atoms with E-state index in [0.717, 1.165) is 21.3 Å². The number of nitrogens with two attached hydrogens (primary N) is 1. The SMILES string of the molecule is N#Cc1c(-c2cccc(Br)c2)cc(-c2ccccn2)nc1N. The Kier molecular flexibility index (Phi) is 3.86. The van der Waals surface area contributed by atoms with Crippen LogP contribution in [0.2, 0.25) is 0 Å². The number of pyridine rings is 2. The van der Waals surface area contributed by atoms with Gasteiger partial charge in [0, 0.05) is 16.2 Å². The molecule has 0 fully saturated rings. The van der Waals surface area contributed by atoms with Crippen molar-refractivity contribution < 1.29 is 0 Å². The summed E-state index contributed by atoms with van der Waals surface area (Å²) in [5.74, 6) is 0.209. The second-order valence-corrected chi connectivity index (χ2v) is 5.57. The van der Waals surface area contributed by atoms with E-state index in [2.05, 4.69) is 32.0 Å². The highest BCUT2D eigenvalue weighted by molar-refractivity contribution is 9.10. The number of hydrogen-bond donors (Lipinski definition) is 1. The molecule has 0 radical (unpaired) electrons. The van der Waals surface area contributed by atoms with Crippen molar-refractivity contribution in [3.63, 3.8) is 0 Å². The lowest BCUT2D eigenvalue weighted by atomic mass is 9.99. The fourth-order valence-electron chi connectivity index (χ4n) is 2.21. The molecule has 0 unspecified atom stereocenters. The molecule has 0 bridgehead atoms. The van der Waals surface area contributed by atoms with Gasteiger partial charge in [-0.3, -0.25) is 4.98 Å². The number of nitrogens with zero attached hydrogens (tertiary/aromatic N) is 3. The molecule has 2 heterocycles. The maximum Gasteiger partial charge on any atom is 0.142 e. The number of halogens is 1. The number of nitrogen functional groups attached to an aromatic ring is 1. The second kappa shape index (κ2) is 5.96. The minimum absolute atomic E-state index is 0.209. The van der Waals surface area contributed by atoms with Crippen molar-refractivity contribution >= 4 is 21.7 Å². The number of nitriles is 1. The lowest BCUT2D eigenvalue weighted by molar-refractivity contribution is 1.24. The van der Waals surface area contributed by atoms with Crippen molar-refractivity contribution in [2.45, 2.75) is 0 Å². The Bertz CT molecular complexity index is 870. The zero-order chi connectivity index (χ0) is 15.5. The van der Waals surface area contributed by atoms with Crippen LogP contribution in [0, 0.1) is 11.3 Å². The monoisotopic (exact) mass is 350 g/mol. The van der Waals surface area contributed by atoms with Crippen LogP contribution in [0.15, 0.2) is 59.2 Å². The summed E-state index contributed by atoms with van der Waals surface area (Å²) in [6.45, 7) is 0. The molecule has 2 N–H and O–H groups in total. The van der Waals surface area contributed by atoms with Gasteiger partial charge in [-0.25, -0.2) is 4.98 Å². The molecule has 0 atom stereocenters. The number of benzene rings is 1. The quantitative estimate of drug-likeness (QED) is 0.756. The molecule has 22 heavy (non-hydrogen) atoms. The number of aromatic nitrogens is 2. The first-order valence-corrected chi connectivity index (χ1v) is 7.36. The molecular weight excluding hydrogens is 340 g/mol. The van der Waals surface area contributed by atoms with Crippen LogP contribution in [0.25, 0.3) is 22.5 Å². The summed E-state index contributed by atoms with van der Waals surface area (Å²) in [5, 5.41) is 9.39. The van der Waals surface area contributed by atoms with Gasteiger partial charge in [0.05, 0.1) is 11.4 Å². The van der Waals surface area contributed by atoms with Crippen LogP contribution < -0.4 is 5.73 Å². The van der Waals surface area contributed by atoms with E-state index in [0.29, 0.717) is 11.3 Å². The molecule has 0 spiro atoms. The standard InChI is InChI=1S/C17H11BrN4/c18-12-5-3-4-11(8-12)13-9-16(15-6-1-2-7-21-15)22-17(20)14(13)10-19/h1-9H,(H2,20,22). The largest absolute Gasteiger partial charge is 0.383 e. The molecule has 3 rings (SSSR count). The molecule has 0 aliphatic carbocycles. The van der Waals surface area contributed by atoms with E-state index in [1.165, 1.54) is 0 Å². The topological polar surface area (TPSA) is 75.6 Å². The molecule has 0 saturated carbocycles. The molecule has 3 aromatic rings. The normalized spacial score (nSPS) is 10.2. The van der Waals surface area contributed by atoms with Crippen molar-refractivity contribution in [3.05, 3.63) is 64.8 Å². The van der Waals surface area contributed by atoms with Crippen LogP contribution in [0.3, 0.4) is 0 Å². The highest BCUT2D eigenvalue weighted by atomic mass is 79.9. The van der Waals surface area contributed by atoms with Gasteiger partial charge < -0.3 is 5.73 Å². The van der Waals surface area contributed by atoms with Gasteiger partial charge in [0.25, 0.3) is 0 Å². The molecule has 0 aliphatic rings. The van der Waals surface area contributed by atoms with Crippen LogP contribution in [0.1, 0.15) is 5.56 Å². The van der Waals surface area contributed by atoms with Crippen molar-refractivity contribution in [3.8, 4) is 28.6 Å². The first-order chi connectivity index (χ1) is 10.7. The van der Waals surface area contributed by atoms with Gasteiger partial charge >= 0.3 is 0 Å². The Balaban J connectivity index is 2.25. The Morgan fingerprint density at radius 2 is 1.91 bits per heavy atom. The second-order valence-electron chi connectivity index (χ2n) is 4.65. The first kappa shape index (κ1) is 14.2. The van der Waals surface area contributed by atoms with Crippen LogP contribution in [0.4, 0.5) is 5.82 Å². The Hall–Kier alpha value is -2.71. The van der Waals surface area contributed by atoms with Gasteiger partial charge in [0.1, 0.15) is 17.5 Å². The molecule has 0 saturated heterocycles. The smallest absolute Gasteiger partial charge is 0.142 e. The fraction of sp³-hybridized carbons (Fsp3) is 0. The Morgan fingerprint density at radius 3 is 2.59 bits per heavy atom. The maximum absolute atomic E-state index is 9.39. The number of rotatable bonds is 2. The summed E-state index contributed by atoms with van der Waals surface area (Å²) in [5.41, 5.74) is 9.36. The zero-order valence-electron chi connectivity index (χ0n) is 11.5. The highest BCUT2D eigenvalue weighted by Gasteiger charge is 2.14. The number of hydrogen-bond acceptors (Lipinski definition) is 4. The van der Waals surface area contributed by atoms with E-state index in [1.54, 1.807) is 6.20 Å². The van der Waals surface area contributed by atoms with Gasteiger partial charge in [-0.15, -0.1) is 0 Å². The lowest BCUT2D eigenvalue weighted by Gasteiger charge is -2.10. The van der Waals surface area contributed by atoms with E-state index in [1.807, 2.05) is 48.5 Å². The first-order valence-electron chi connectivity index (χ1n) is 6.57. The van der Waals surface area contributed by atoms with E-state index in [9.17, 15) is 5.26 Å². The van der Waals surface area contributed by atoms with Gasteiger partial charge in [-0.2, -0.15) is 5.26 Å². The van der Waals surface area contributed by atoms with Crippen LogP contribution in [-0.2, 0) is 0 Å². The summed E-state index contributed by atoms with van der Waals surface area (Å²) >= 11 is 3.45. The van der Waals surface area contributed by atoms with Crippen molar-refractivity contribution in [2.24, 2.45) is 0 Å². The van der Waals surface area contributed by atoms with E-state index in [4.69, 9.17) is 5.73 Å². The highest BCUT2D eigenvalue weighted by Crippen LogP contribution is 2.31. The summed E-state index contributed by atoms with van der Waals surface area (Å²) in [4.78, 5) is 8.59. The average Bonchev–Trinajstić information content (AvgIpc) is 2.55. The van der Waals surface area contributed by atoms with Gasteiger partial charge in [0.15, 0.2) is 0 Å². The molecule has 106 valence electrons. The molecule has 0 amide bonds. The Morgan fingerprint density at radius 1 is 1.05 bits per heavy atom. The predicted molar refractivity (Wildman–Crippen MR) is 89.7 cm³/mol. The number of anilines is 1. The maximum atomic E-state index is 9.39. The minimum atomic E-state index is 0.209. The van der Waals surface area contributed by atoms with Gasteiger partial charge in [-0.05, 0) is 35.9 Å². The summed E-state index contributed by atoms with van der Waals surface area (Å²) in [7, 11) is 0.